The van der Waals surface area contributed by atoms with E-state index in [-0.39, 0.29) is 24.3 Å². The fraction of sp³-hybridized carbons (Fsp3) is 0.250. The van der Waals surface area contributed by atoms with Crippen molar-refractivity contribution in [2.75, 3.05) is 19.5 Å². The van der Waals surface area contributed by atoms with Gasteiger partial charge in [0.2, 0.25) is 17.8 Å². The van der Waals surface area contributed by atoms with E-state index in [2.05, 4.69) is 15.3 Å². The summed E-state index contributed by atoms with van der Waals surface area (Å²) in [5.41, 5.74) is 2.49. The first kappa shape index (κ1) is 17.1. The molecule has 2 atom stereocenters. The van der Waals surface area contributed by atoms with Crippen molar-refractivity contribution in [3.8, 4) is 5.75 Å². The van der Waals surface area contributed by atoms with Crippen LogP contribution >= 0.6 is 0 Å². The van der Waals surface area contributed by atoms with Crippen molar-refractivity contribution in [2.24, 2.45) is 5.92 Å². The van der Waals surface area contributed by atoms with E-state index in [0.717, 1.165) is 16.6 Å². The third kappa shape index (κ3) is 3.12. The zero-order valence-corrected chi connectivity index (χ0v) is 15.1. The average Bonchev–Trinajstić information content (AvgIpc) is 3.22. The summed E-state index contributed by atoms with van der Waals surface area (Å²) in [7, 11) is 3.31. The zero-order valence-electron chi connectivity index (χ0n) is 15.1. The summed E-state index contributed by atoms with van der Waals surface area (Å²) in [6.07, 6.45) is 0.157. The molecule has 3 aromatic rings. The number of aromatic amines is 1. The van der Waals surface area contributed by atoms with Crippen LogP contribution in [0.3, 0.4) is 0 Å². The van der Waals surface area contributed by atoms with E-state index in [1.54, 1.807) is 19.1 Å². The number of methoxy groups -OCH3 is 1. The van der Waals surface area contributed by atoms with Crippen LogP contribution in [-0.2, 0) is 9.59 Å². The Bertz CT molecular complexity index is 980. The molecule has 0 radical (unpaired) electrons. The summed E-state index contributed by atoms with van der Waals surface area (Å²) in [5.74, 6) is 0.263. The molecule has 1 fully saturated rings. The van der Waals surface area contributed by atoms with Crippen molar-refractivity contribution < 1.29 is 14.3 Å². The number of nitrogens with zero attached hydrogens (tertiary/aromatic N) is 2. The molecule has 1 aliphatic rings. The molecule has 1 aromatic heterocycles. The minimum Gasteiger partial charge on any atom is -0.497 e. The molecule has 0 unspecified atom stereocenters. The van der Waals surface area contributed by atoms with Crippen molar-refractivity contribution in [2.45, 2.75) is 12.5 Å². The van der Waals surface area contributed by atoms with Crippen LogP contribution in [0.1, 0.15) is 18.0 Å². The van der Waals surface area contributed by atoms with Gasteiger partial charge in [-0.05, 0) is 29.8 Å². The average molecular weight is 364 g/mol. The molecule has 2 heterocycles. The largest absolute Gasteiger partial charge is 0.497 e. The molecule has 27 heavy (non-hydrogen) atoms. The van der Waals surface area contributed by atoms with Gasteiger partial charge in [-0.1, -0.05) is 24.3 Å². The number of likely N-dealkylation sites (tertiary alicyclic amines) is 1. The highest BCUT2D eigenvalue weighted by Crippen LogP contribution is 2.38. The highest BCUT2D eigenvalue weighted by atomic mass is 16.5. The molecular weight excluding hydrogens is 344 g/mol. The van der Waals surface area contributed by atoms with Crippen LogP contribution in [0.25, 0.3) is 11.0 Å². The second kappa shape index (κ2) is 6.75. The first-order valence-corrected chi connectivity index (χ1v) is 8.72. The minimum atomic E-state index is -0.511. The van der Waals surface area contributed by atoms with Gasteiger partial charge in [-0.25, -0.2) is 4.98 Å². The third-order valence-corrected chi connectivity index (χ3v) is 4.99. The number of fused-ring (bicyclic) bond motifs is 1. The van der Waals surface area contributed by atoms with Gasteiger partial charge in [-0.3, -0.25) is 14.9 Å². The Labute approximate surface area is 156 Å². The van der Waals surface area contributed by atoms with Crippen molar-refractivity contribution in [1.29, 1.82) is 0 Å². The smallest absolute Gasteiger partial charge is 0.232 e. The number of imidazole rings is 1. The number of hydrogen-bond donors (Lipinski definition) is 2. The van der Waals surface area contributed by atoms with Crippen LogP contribution in [-0.4, -0.2) is 40.8 Å². The van der Waals surface area contributed by atoms with Gasteiger partial charge in [0, 0.05) is 13.5 Å². The number of rotatable bonds is 4. The summed E-state index contributed by atoms with van der Waals surface area (Å²) in [4.78, 5) is 34.3. The van der Waals surface area contributed by atoms with Gasteiger partial charge in [-0.2, -0.15) is 0 Å². The normalized spacial score (nSPS) is 19.5. The molecule has 0 spiro atoms. The van der Waals surface area contributed by atoms with Crippen molar-refractivity contribution >= 4 is 28.8 Å². The number of ether oxygens (including phenoxy) is 1. The maximum atomic E-state index is 12.9. The van der Waals surface area contributed by atoms with Crippen LogP contribution in [0.2, 0.25) is 0 Å². The Morgan fingerprint density at radius 1 is 1.26 bits per heavy atom. The van der Waals surface area contributed by atoms with E-state index in [1.807, 2.05) is 48.5 Å². The molecule has 2 N–H and O–H groups in total. The van der Waals surface area contributed by atoms with Gasteiger partial charge in [0.05, 0.1) is 30.1 Å². The molecule has 7 heteroatoms. The van der Waals surface area contributed by atoms with Crippen molar-refractivity contribution in [3.63, 3.8) is 0 Å². The fourth-order valence-corrected chi connectivity index (χ4v) is 3.61. The second-order valence-corrected chi connectivity index (χ2v) is 6.63. The molecule has 1 saturated heterocycles. The van der Waals surface area contributed by atoms with Crippen LogP contribution < -0.4 is 10.1 Å². The minimum absolute atomic E-state index is 0.0624. The molecular formula is C20H20N4O3. The van der Waals surface area contributed by atoms with E-state index >= 15 is 0 Å². The number of para-hydroxylation sites is 2. The van der Waals surface area contributed by atoms with Crippen LogP contribution in [0.5, 0.6) is 5.75 Å². The van der Waals surface area contributed by atoms with Gasteiger partial charge in [0.15, 0.2) is 0 Å². The summed E-state index contributed by atoms with van der Waals surface area (Å²) in [6, 6.07) is 14.7. The molecule has 0 bridgehead atoms. The van der Waals surface area contributed by atoms with E-state index in [9.17, 15) is 9.59 Å². The second-order valence-electron chi connectivity index (χ2n) is 6.63. The SMILES string of the molecule is COc1cccc([C@H]2[C@H](C(=O)Nc3nc4ccccc4[nH]3)CC(=O)N2C)c1. The Balaban J connectivity index is 1.61. The van der Waals surface area contributed by atoms with Gasteiger partial charge in [0.1, 0.15) is 5.75 Å². The van der Waals surface area contributed by atoms with Crippen LogP contribution in [0.15, 0.2) is 48.5 Å². The number of nitrogens with one attached hydrogen (secondary N) is 2. The monoisotopic (exact) mass is 364 g/mol. The van der Waals surface area contributed by atoms with Gasteiger partial charge in [-0.15, -0.1) is 0 Å². The molecule has 0 saturated carbocycles. The van der Waals surface area contributed by atoms with E-state index in [0.29, 0.717) is 11.7 Å². The lowest BCUT2D eigenvalue weighted by Gasteiger charge is -2.25. The molecule has 7 nitrogen and oxygen atoms in total. The lowest BCUT2D eigenvalue weighted by atomic mass is 9.93. The number of H-pyrrole nitrogens is 1. The molecule has 2 amide bonds. The van der Waals surface area contributed by atoms with E-state index in [4.69, 9.17) is 4.74 Å². The topological polar surface area (TPSA) is 87.3 Å². The Hall–Kier alpha value is -3.35. The summed E-state index contributed by atoms with van der Waals surface area (Å²) in [6.45, 7) is 0. The first-order chi connectivity index (χ1) is 13.1. The van der Waals surface area contributed by atoms with Gasteiger partial charge >= 0.3 is 0 Å². The van der Waals surface area contributed by atoms with Gasteiger partial charge in [0.25, 0.3) is 0 Å². The quantitative estimate of drug-likeness (QED) is 0.745. The maximum absolute atomic E-state index is 12.9. The van der Waals surface area contributed by atoms with E-state index < -0.39 is 5.92 Å². The van der Waals surface area contributed by atoms with Crippen molar-refractivity contribution in [3.05, 3.63) is 54.1 Å². The molecule has 138 valence electrons. The zero-order chi connectivity index (χ0) is 19.0. The molecule has 1 aliphatic heterocycles. The predicted octanol–water partition coefficient (Wildman–Crippen LogP) is 2.73. The highest BCUT2D eigenvalue weighted by Gasteiger charge is 2.43. The number of carbonyl (C=O) groups is 2. The third-order valence-electron chi connectivity index (χ3n) is 4.99. The number of aromatic nitrogens is 2. The lowest BCUT2D eigenvalue weighted by Crippen LogP contribution is -2.30. The number of anilines is 1. The molecule has 4 rings (SSSR count). The standard InChI is InChI=1S/C20H20N4O3/c1-24-17(25)11-14(18(24)12-6-5-7-13(10-12)27-2)19(26)23-20-21-15-8-3-4-9-16(15)22-20/h3-10,14,18H,11H2,1-2H3,(H2,21,22,23,26)/t14-,18+/m1/s1. The van der Waals surface area contributed by atoms with Gasteiger partial charge < -0.3 is 14.6 Å². The number of benzene rings is 2. The maximum Gasteiger partial charge on any atom is 0.232 e. The van der Waals surface area contributed by atoms with Crippen molar-refractivity contribution in [1.82, 2.24) is 14.9 Å². The fourth-order valence-electron chi connectivity index (χ4n) is 3.61. The lowest BCUT2D eigenvalue weighted by molar-refractivity contribution is -0.128. The Morgan fingerprint density at radius 2 is 2.07 bits per heavy atom. The first-order valence-electron chi connectivity index (χ1n) is 8.72. The Morgan fingerprint density at radius 3 is 2.85 bits per heavy atom. The summed E-state index contributed by atoms with van der Waals surface area (Å²) in [5, 5.41) is 2.83. The highest BCUT2D eigenvalue weighted by molar-refractivity contribution is 5.97. The number of amides is 2. The van der Waals surface area contributed by atoms with E-state index in [1.165, 1.54) is 0 Å². The summed E-state index contributed by atoms with van der Waals surface area (Å²) >= 11 is 0. The van der Waals surface area contributed by atoms with Crippen LogP contribution in [0, 0.1) is 5.92 Å². The molecule has 0 aliphatic carbocycles. The number of carbonyl (C=O) groups excluding carboxylic acids is 2. The van der Waals surface area contributed by atoms with Crippen LogP contribution in [0.4, 0.5) is 5.95 Å². The molecule has 2 aromatic carbocycles. The Kier molecular flexibility index (Phi) is 4.27. The number of hydrogen-bond acceptors (Lipinski definition) is 4. The predicted molar refractivity (Wildman–Crippen MR) is 101 cm³/mol. The summed E-state index contributed by atoms with van der Waals surface area (Å²) < 4.78 is 5.28.